The highest BCUT2D eigenvalue weighted by Gasteiger charge is 2.31. The first-order chi connectivity index (χ1) is 12.9. The van der Waals surface area contributed by atoms with E-state index >= 15 is 0 Å². The smallest absolute Gasteiger partial charge is 0.349 e. The SMILES string of the molecule is Cc1c(C(=O)NC2CCCCCCC2)cnn1-c1ccc(C(F)(F)F)cn1. The molecule has 1 N–H and O–H groups in total. The van der Waals surface area contributed by atoms with Gasteiger partial charge < -0.3 is 5.32 Å². The summed E-state index contributed by atoms with van der Waals surface area (Å²) in [4.78, 5) is 16.5. The van der Waals surface area contributed by atoms with Crippen LogP contribution in [0, 0.1) is 6.92 Å². The molecule has 0 aliphatic heterocycles. The van der Waals surface area contributed by atoms with Gasteiger partial charge in [0.2, 0.25) is 0 Å². The van der Waals surface area contributed by atoms with Crippen molar-refractivity contribution in [3.8, 4) is 5.82 Å². The molecule has 1 aliphatic rings. The van der Waals surface area contributed by atoms with Crippen LogP contribution in [0.3, 0.4) is 0 Å². The third-order valence-corrected chi connectivity index (χ3v) is 4.99. The maximum Gasteiger partial charge on any atom is 0.417 e. The molecule has 3 rings (SSSR count). The van der Waals surface area contributed by atoms with Crippen molar-refractivity contribution in [2.24, 2.45) is 0 Å². The van der Waals surface area contributed by atoms with Crippen LogP contribution in [-0.2, 0) is 6.18 Å². The zero-order valence-corrected chi connectivity index (χ0v) is 15.2. The topological polar surface area (TPSA) is 59.8 Å². The van der Waals surface area contributed by atoms with Crippen LogP contribution in [0.1, 0.15) is 66.6 Å². The zero-order chi connectivity index (χ0) is 19.4. The molecule has 5 nitrogen and oxygen atoms in total. The van der Waals surface area contributed by atoms with Crippen LogP contribution in [-0.4, -0.2) is 26.7 Å². The highest BCUT2D eigenvalue weighted by Crippen LogP contribution is 2.29. The van der Waals surface area contributed by atoms with Crippen LogP contribution >= 0.6 is 0 Å². The Kier molecular flexibility index (Phi) is 5.82. The van der Waals surface area contributed by atoms with Gasteiger partial charge in [-0.15, -0.1) is 0 Å². The number of nitrogens with one attached hydrogen (secondary N) is 1. The molecule has 0 unspecified atom stereocenters. The van der Waals surface area contributed by atoms with Gasteiger partial charge in [-0.1, -0.05) is 32.1 Å². The average Bonchev–Trinajstić information content (AvgIpc) is 2.98. The Morgan fingerprint density at radius 2 is 1.78 bits per heavy atom. The van der Waals surface area contributed by atoms with E-state index in [2.05, 4.69) is 15.4 Å². The lowest BCUT2D eigenvalue weighted by Gasteiger charge is -2.20. The van der Waals surface area contributed by atoms with Gasteiger partial charge in [-0.3, -0.25) is 4.79 Å². The van der Waals surface area contributed by atoms with Gasteiger partial charge in [0.15, 0.2) is 5.82 Å². The molecule has 2 heterocycles. The number of carbonyl (C=O) groups is 1. The molecule has 0 radical (unpaired) electrons. The molecule has 2 aromatic rings. The number of carbonyl (C=O) groups excluding carboxylic acids is 1. The van der Waals surface area contributed by atoms with E-state index in [1.807, 2.05) is 0 Å². The summed E-state index contributed by atoms with van der Waals surface area (Å²) in [7, 11) is 0. The second-order valence-electron chi connectivity index (χ2n) is 6.97. The van der Waals surface area contributed by atoms with Crippen molar-refractivity contribution >= 4 is 5.91 Å². The van der Waals surface area contributed by atoms with E-state index in [1.54, 1.807) is 6.92 Å². The fraction of sp³-hybridized carbons (Fsp3) is 0.526. The van der Waals surface area contributed by atoms with Crippen LogP contribution in [0.4, 0.5) is 13.2 Å². The van der Waals surface area contributed by atoms with Gasteiger partial charge in [-0.2, -0.15) is 18.3 Å². The van der Waals surface area contributed by atoms with Crippen LogP contribution in [0.5, 0.6) is 0 Å². The summed E-state index contributed by atoms with van der Waals surface area (Å²) in [5.74, 6) is 0.0433. The van der Waals surface area contributed by atoms with Crippen molar-refractivity contribution in [3.63, 3.8) is 0 Å². The standard InChI is InChI=1S/C19H23F3N4O/c1-13-16(18(27)25-15-7-5-3-2-4-6-8-15)12-24-26(13)17-10-9-14(11-23-17)19(20,21)22/h9-12,15H,2-8H2,1H3,(H,25,27). The minimum atomic E-state index is -4.44. The van der Waals surface area contributed by atoms with Crippen molar-refractivity contribution in [2.75, 3.05) is 0 Å². The maximum absolute atomic E-state index is 12.7. The number of aromatic nitrogens is 3. The van der Waals surface area contributed by atoms with E-state index < -0.39 is 11.7 Å². The molecule has 1 aliphatic carbocycles. The molecular weight excluding hydrogens is 357 g/mol. The minimum absolute atomic E-state index is 0.157. The van der Waals surface area contributed by atoms with Crippen molar-refractivity contribution in [3.05, 3.63) is 41.3 Å². The zero-order valence-electron chi connectivity index (χ0n) is 15.2. The fourth-order valence-electron chi connectivity index (χ4n) is 3.41. The Morgan fingerprint density at radius 1 is 1.11 bits per heavy atom. The number of amides is 1. The summed E-state index contributed by atoms with van der Waals surface area (Å²) in [6.07, 6.45) is 5.58. The lowest BCUT2D eigenvalue weighted by molar-refractivity contribution is -0.137. The summed E-state index contributed by atoms with van der Waals surface area (Å²) < 4.78 is 39.4. The summed E-state index contributed by atoms with van der Waals surface area (Å²) in [6, 6.07) is 2.36. The quantitative estimate of drug-likeness (QED) is 0.857. The van der Waals surface area contributed by atoms with E-state index in [4.69, 9.17) is 0 Å². The highest BCUT2D eigenvalue weighted by molar-refractivity contribution is 5.95. The van der Waals surface area contributed by atoms with Gasteiger partial charge in [0.25, 0.3) is 5.91 Å². The molecule has 8 heteroatoms. The first kappa shape index (κ1) is 19.4. The Balaban J connectivity index is 1.73. The van der Waals surface area contributed by atoms with Gasteiger partial charge in [0.1, 0.15) is 0 Å². The number of alkyl halides is 3. The average molecular weight is 380 g/mol. The van der Waals surface area contributed by atoms with E-state index in [-0.39, 0.29) is 17.8 Å². The largest absolute Gasteiger partial charge is 0.417 e. The number of pyridine rings is 1. The summed E-state index contributed by atoms with van der Waals surface area (Å²) >= 11 is 0. The molecule has 0 aromatic carbocycles. The minimum Gasteiger partial charge on any atom is -0.349 e. The van der Waals surface area contributed by atoms with Gasteiger partial charge in [-0.25, -0.2) is 9.67 Å². The predicted octanol–water partition coefficient (Wildman–Crippen LogP) is 4.44. The third kappa shape index (κ3) is 4.67. The van der Waals surface area contributed by atoms with Gasteiger partial charge in [0, 0.05) is 12.2 Å². The fourth-order valence-corrected chi connectivity index (χ4v) is 3.41. The van der Waals surface area contributed by atoms with E-state index in [0.717, 1.165) is 37.9 Å². The Hall–Kier alpha value is -2.38. The lowest BCUT2D eigenvalue weighted by Crippen LogP contribution is -2.35. The number of nitrogens with zero attached hydrogens (tertiary/aromatic N) is 3. The molecule has 146 valence electrons. The normalized spacial score (nSPS) is 16.6. The Bertz CT molecular complexity index is 775. The van der Waals surface area contributed by atoms with Gasteiger partial charge in [-0.05, 0) is 31.9 Å². The predicted molar refractivity (Wildman–Crippen MR) is 94.7 cm³/mol. The Labute approximate surface area is 156 Å². The highest BCUT2D eigenvalue weighted by atomic mass is 19.4. The van der Waals surface area contributed by atoms with E-state index in [0.29, 0.717) is 11.3 Å². The van der Waals surface area contributed by atoms with Crippen LogP contribution < -0.4 is 5.32 Å². The Morgan fingerprint density at radius 3 is 2.37 bits per heavy atom. The molecule has 0 saturated heterocycles. The first-order valence-electron chi connectivity index (χ1n) is 9.25. The molecule has 0 spiro atoms. The molecule has 2 aromatic heterocycles. The molecule has 1 fully saturated rings. The van der Waals surface area contributed by atoms with Crippen molar-refractivity contribution < 1.29 is 18.0 Å². The van der Waals surface area contributed by atoms with Gasteiger partial charge >= 0.3 is 6.18 Å². The van der Waals surface area contributed by atoms with Crippen molar-refractivity contribution in [1.82, 2.24) is 20.1 Å². The molecule has 1 amide bonds. The van der Waals surface area contributed by atoms with Crippen LogP contribution in [0.2, 0.25) is 0 Å². The third-order valence-electron chi connectivity index (χ3n) is 4.99. The van der Waals surface area contributed by atoms with E-state index in [1.165, 1.54) is 36.2 Å². The van der Waals surface area contributed by atoms with Crippen LogP contribution in [0.15, 0.2) is 24.5 Å². The number of halogens is 3. The van der Waals surface area contributed by atoms with Gasteiger partial charge in [0.05, 0.1) is 23.0 Å². The maximum atomic E-state index is 12.7. The monoisotopic (exact) mass is 380 g/mol. The second-order valence-corrected chi connectivity index (χ2v) is 6.97. The lowest BCUT2D eigenvalue weighted by atomic mass is 9.96. The van der Waals surface area contributed by atoms with Crippen molar-refractivity contribution in [1.29, 1.82) is 0 Å². The number of hydrogen-bond acceptors (Lipinski definition) is 3. The summed E-state index contributed by atoms with van der Waals surface area (Å²) in [5, 5.41) is 7.21. The molecule has 27 heavy (non-hydrogen) atoms. The molecule has 1 saturated carbocycles. The molecule has 0 bridgehead atoms. The molecule has 0 atom stereocenters. The van der Waals surface area contributed by atoms with Crippen LogP contribution in [0.25, 0.3) is 5.82 Å². The summed E-state index contributed by atoms with van der Waals surface area (Å²) in [5.41, 5.74) is 0.141. The number of hydrogen-bond donors (Lipinski definition) is 1. The van der Waals surface area contributed by atoms with Crippen molar-refractivity contribution in [2.45, 2.75) is 64.1 Å². The van der Waals surface area contributed by atoms with E-state index in [9.17, 15) is 18.0 Å². The first-order valence-corrected chi connectivity index (χ1v) is 9.25. The number of rotatable bonds is 3. The summed E-state index contributed by atoms with van der Waals surface area (Å²) in [6.45, 7) is 1.71. The molecular formula is C19H23F3N4O. The second kappa shape index (κ2) is 8.10.